The normalized spacial score (nSPS) is 32.9. The van der Waals surface area contributed by atoms with E-state index in [0.717, 1.165) is 19.4 Å². The Morgan fingerprint density at radius 3 is 2.29 bits per heavy atom. The molecule has 3 fully saturated rings. The summed E-state index contributed by atoms with van der Waals surface area (Å²) in [5.41, 5.74) is 0.359. The van der Waals surface area contributed by atoms with Crippen LogP contribution in [-0.2, 0) is 4.74 Å². The van der Waals surface area contributed by atoms with Crippen LogP contribution in [0.4, 0.5) is 0 Å². The van der Waals surface area contributed by atoms with Crippen molar-refractivity contribution >= 4 is 0 Å². The summed E-state index contributed by atoms with van der Waals surface area (Å²) in [6, 6.07) is 0. The van der Waals surface area contributed by atoms with E-state index in [4.69, 9.17) is 4.74 Å². The molecular formula is C19H34O2. The van der Waals surface area contributed by atoms with Crippen LogP contribution in [-0.4, -0.2) is 23.4 Å². The fraction of sp³-hybridized carbons (Fsp3) is 1.00. The summed E-state index contributed by atoms with van der Waals surface area (Å²) in [6.07, 6.45) is 13.5. The van der Waals surface area contributed by atoms with Crippen molar-refractivity contribution in [2.45, 2.75) is 96.2 Å². The topological polar surface area (TPSA) is 29.5 Å². The van der Waals surface area contributed by atoms with Gasteiger partial charge in [-0.1, -0.05) is 39.5 Å². The zero-order chi connectivity index (χ0) is 14.9. The molecule has 21 heavy (non-hydrogen) atoms. The van der Waals surface area contributed by atoms with Crippen molar-refractivity contribution in [3.8, 4) is 0 Å². The first-order valence-electron chi connectivity index (χ1n) is 9.37. The Hall–Kier alpha value is -0.0800. The molecule has 1 saturated heterocycles. The van der Waals surface area contributed by atoms with E-state index in [9.17, 15) is 5.11 Å². The van der Waals surface area contributed by atoms with E-state index < -0.39 is 0 Å². The molecule has 2 unspecified atom stereocenters. The van der Waals surface area contributed by atoms with Crippen molar-refractivity contribution in [1.82, 2.24) is 0 Å². The van der Waals surface area contributed by atoms with E-state index in [2.05, 4.69) is 13.8 Å². The summed E-state index contributed by atoms with van der Waals surface area (Å²) in [6.45, 7) is 5.50. The highest BCUT2D eigenvalue weighted by molar-refractivity contribution is 4.99. The van der Waals surface area contributed by atoms with Gasteiger partial charge in [-0.2, -0.15) is 0 Å². The highest BCUT2D eigenvalue weighted by Crippen LogP contribution is 2.51. The maximum Gasteiger partial charge on any atom is 0.0686 e. The Labute approximate surface area is 130 Å². The summed E-state index contributed by atoms with van der Waals surface area (Å²) < 4.78 is 6.17. The number of ether oxygens (including phenoxy) is 1. The number of aliphatic hydroxyl groups excluding tert-OH is 1. The molecule has 3 rings (SSSR count). The first kappa shape index (κ1) is 15.8. The summed E-state index contributed by atoms with van der Waals surface area (Å²) >= 11 is 0. The first-order chi connectivity index (χ1) is 10.1. The summed E-state index contributed by atoms with van der Waals surface area (Å²) in [7, 11) is 0. The highest BCUT2D eigenvalue weighted by atomic mass is 16.5. The summed E-state index contributed by atoms with van der Waals surface area (Å²) in [5.74, 6) is 1.17. The van der Waals surface area contributed by atoms with Gasteiger partial charge in [-0.15, -0.1) is 0 Å². The van der Waals surface area contributed by atoms with Crippen molar-refractivity contribution in [3.63, 3.8) is 0 Å². The Bertz CT molecular complexity index is 337. The standard InChI is InChI=1S/C19H34O2/c1-15(2)13-18(8-3-4-9-18)17(20)16-7-12-21-19(14-16)10-5-6-11-19/h15-17,20H,3-14H2,1-2H3. The summed E-state index contributed by atoms with van der Waals surface area (Å²) in [5, 5.41) is 11.3. The molecule has 0 aromatic heterocycles. The minimum absolute atomic E-state index is 0.0937. The van der Waals surface area contributed by atoms with Crippen molar-refractivity contribution < 1.29 is 9.84 Å². The minimum Gasteiger partial charge on any atom is -0.392 e. The van der Waals surface area contributed by atoms with Crippen LogP contribution in [0.5, 0.6) is 0 Å². The number of aliphatic hydroxyl groups is 1. The number of rotatable bonds is 4. The third-order valence-corrected chi connectivity index (χ3v) is 6.53. The van der Waals surface area contributed by atoms with Crippen molar-refractivity contribution in [1.29, 1.82) is 0 Å². The minimum atomic E-state index is -0.0937. The van der Waals surface area contributed by atoms with Crippen LogP contribution in [0.25, 0.3) is 0 Å². The van der Waals surface area contributed by atoms with Gasteiger partial charge in [-0.25, -0.2) is 0 Å². The second-order valence-electron chi connectivity index (χ2n) is 8.60. The van der Waals surface area contributed by atoms with Crippen molar-refractivity contribution in [2.75, 3.05) is 6.61 Å². The lowest BCUT2D eigenvalue weighted by Crippen LogP contribution is -2.47. The maximum absolute atomic E-state index is 11.3. The molecule has 1 aliphatic heterocycles. The molecule has 0 amide bonds. The van der Waals surface area contributed by atoms with Gasteiger partial charge in [-0.3, -0.25) is 0 Å². The molecule has 0 aromatic rings. The monoisotopic (exact) mass is 294 g/mol. The van der Waals surface area contributed by atoms with Gasteiger partial charge in [0.25, 0.3) is 0 Å². The molecule has 2 aliphatic carbocycles. The SMILES string of the molecule is CC(C)CC1(C(O)C2CCOC3(CCCC3)C2)CCCC1. The van der Waals surface area contributed by atoms with Crippen LogP contribution in [0, 0.1) is 17.3 Å². The molecule has 1 heterocycles. The lowest BCUT2D eigenvalue weighted by molar-refractivity contribution is -0.134. The van der Waals surface area contributed by atoms with E-state index in [1.807, 2.05) is 0 Å². The van der Waals surface area contributed by atoms with Gasteiger partial charge in [-0.05, 0) is 62.2 Å². The van der Waals surface area contributed by atoms with Crippen molar-refractivity contribution in [2.24, 2.45) is 17.3 Å². The van der Waals surface area contributed by atoms with Gasteiger partial charge in [0.2, 0.25) is 0 Å². The highest BCUT2D eigenvalue weighted by Gasteiger charge is 2.48. The Kier molecular flexibility index (Phi) is 4.66. The molecular weight excluding hydrogens is 260 g/mol. The van der Waals surface area contributed by atoms with Gasteiger partial charge in [0.1, 0.15) is 0 Å². The molecule has 2 nitrogen and oxygen atoms in total. The van der Waals surface area contributed by atoms with E-state index in [0.29, 0.717) is 11.8 Å². The third kappa shape index (κ3) is 3.17. The fourth-order valence-corrected chi connectivity index (χ4v) is 5.72. The second kappa shape index (κ2) is 6.20. The maximum atomic E-state index is 11.3. The number of hydrogen-bond acceptors (Lipinski definition) is 2. The molecule has 0 aromatic carbocycles. The Balaban J connectivity index is 1.71. The quantitative estimate of drug-likeness (QED) is 0.815. The zero-order valence-electron chi connectivity index (χ0n) is 14.1. The molecule has 0 bridgehead atoms. The average Bonchev–Trinajstić information content (AvgIpc) is 3.08. The molecule has 2 atom stereocenters. The summed E-state index contributed by atoms with van der Waals surface area (Å²) in [4.78, 5) is 0. The zero-order valence-corrected chi connectivity index (χ0v) is 14.1. The third-order valence-electron chi connectivity index (χ3n) is 6.53. The molecule has 0 radical (unpaired) electrons. The molecule has 122 valence electrons. The van der Waals surface area contributed by atoms with E-state index in [1.165, 1.54) is 57.8 Å². The van der Waals surface area contributed by atoms with Crippen molar-refractivity contribution in [3.05, 3.63) is 0 Å². The first-order valence-corrected chi connectivity index (χ1v) is 9.37. The van der Waals surface area contributed by atoms with Gasteiger partial charge < -0.3 is 9.84 Å². The number of hydrogen-bond donors (Lipinski definition) is 1. The van der Waals surface area contributed by atoms with Crippen LogP contribution in [0.2, 0.25) is 0 Å². The lowest BCUT2D eigenvalue weighted by Gasteiger charge is -2.46. The second-order valence-corrected chi connectivity index (χ2v) is 8.60. The van der Waals surface area contributed by atoms with Crippen LogP contribution < -0.4 is 0 Å². The molecule has 3 aliphatic rings. The molecule has 2 saturated carbocycles. The van der Waals surface area contributed by atoms with Crippen LogP contribution in [0.3, 0.4) is 0 Å². The van der Waals surface area contributed by atoms with Crippen LogP contribution in [0.1, 0.15) is 84.5 Å². The Morgan fingerprint density at radius 2 is 1.67 bits per heavy atom. The largest absolute Gasteiger partial charge is 0.392 e. The van der Waals surface area contributed by atoms with E-state index in [1.54, 1.807) is 0 Å². The predicted octanol–water partition coefficient (Wildman–Crippen LogP) is 4.69. The van der Waals surface area contributed by atoms with Gasteiger partial charge in [0, 0.05) is 6.61 Å². The smallest absolute Gasteiger partial charge is 0.0686 e. The molecule has 2 heteroatoms. The van der Waals surface area contributed by atoms with E-state index in [-0.39, 0.29) is 17.1 Å². The predicted molar refractivity (Wildman–Crippen MR) is 86.2 cm³/mol. The van der Waals surface area contributed by atoms with E-state index >= 15 is 0 Å². The van der Waals surface area contributed by atoms with Crippen LogP contribution >= 0.6 is 0 Å². The van der Waals surface area contributed by atoms with Gasteiger partial charge >= 0.3 is 0 Å². The lowest BCUT2D eigenvalue weighted by atomic mass is 9.67. The van der Waals surface area contributed by atoms with Crippen LogP contribution in [0.15, 0.2) is 0 Å². The molecule has 1 spiro atoms. The molecule has 1 N–H and O–H groups in total. The van der Waals surface area contributed by atoms with Gasteiger partial charge in [0.05, 0.1) is 11.7 Å². The average molecular weight is 294 g/mol. The van der Waals surface area contributed by atoms with Gasteiger partial charge in [0.15, 0.2) is 0 Å². The Morgan fingerprint density at radius 1 is 1.05 bits per heavy atom. The fourth-order valence-electron chi connectivity index (χ4n) is 5.72.